The maximum atomic E-state index is 13.0. The van der Waals surface area contributed by atoms with Crippen LogP contribution in [-0.4, -0.2) is 41.3 Å². The first-order chi connectivity index (χ1) is 15.2. The number of imide groups is 1. The standard InChI is InChI=1S/C23H24ClN3O5/c1-14(2)16-4-8-18(9-5-16)26-22(30)12-20(23(26)31)27(15(3)28)25-21(29)13-32-19-10-6-17(24)7-11-19/h4-11,14,20H,12-13H2,1-3H3,(H,25,29). The summed E-state index contributed by atoms with van der Waals surface area (Å²) >= 11 is 5.81. The molecule has 9 heteroatoms. The average molecular weight is 458 g/mol. The van der Waals surface area contributed by atoms with E-state index >= 15 is 0 Å². The zero-order valence-electron chi connectivity index (χ0n) is 18.0. The van der Waals surface area contributed by atoms with Gasteiger partial charge in [-0.05, 0) is 47.9 Å². The number of nitrogens with one attached hydrogen (secondary N) is 1. The number of anilines is 1. The Balaban J connectivity index is 1.68. The monoisotopic (exact) mass is 457 g/mol. The first-order valence-electron chi connectivity index (χ1n) is 10.1. The third kappa shape index (κ3) is 5.26. The number of nitrogens with zero attached hydrogens (tertiary/aromatic N) is 2. The van der Waals surface area contributed by atoms with Crippen LogP contribution in [0.1, 0.15) is 38.7 Å². The zero-order chi connectivity index (χ0) is 23.4. The molecule has 8 nitrogen and oxygen atoms in total. The van der Waals surface area contributed by atoms with E-state index in [1.54, 1.807) is 36.4 Å². The smallest absolute Gasteiger partial charge is 0.276 e. The number of hydrogen-bond acceptors (Lipinski definition) is 5. The largest absolute Gasteiger partial charge is 0.484 e. The fourth-order valence-corrected chi connectivity index (χ4v) is 3.45. The molecule has 0 aliphatic carbocycles. The molecule has 168 valence electrons. The normalized spacial score (nSPS) is 15.8. The molecule has 1 heterocycles. The number of amides is 4. The van der Waals surface area contributed by atoms with Crippen molar-refractivity contribution >= 4 is 40.9 Å². The highest BCUT2D eigenvalue weighted by atomic mass is 35.5. The van der Waals surface area contributed by atoms with Crippen LogP contribution in [0.25, 0.3) is 0 Å². The lowest BCUT2D eigenvalue weighted by atomic mass is 10.0. The third-order valence-corrected chi connectivity index (χ3v) is 5.27. The summed E-state index contributed by atoms with van der Waals surface area (Å²) in [5.41, 5.74) is 3.88. The maximum Gasteiger partial charge on any atom is 0.276 e. The van der Waals surface area contributed by atoms with Crippen LogP contribution in [0.5, 0.6) is 5.75 Å². The fraction of sp³-hybridized carbons (Fsp3) is 0.304. The molecule has 1 atom stereocenters. The van der Waals surface area contributed by atoms with Gasteiger partial charge in [-0.2, -0.15) is 0 Å². The van der Waals surface area contributed by atoms with Gasteiger partial charge in [0.05, 0.1) is 12.1 Å². The lowest BCUT2D eigenvalue weighted by Gasteiger charge is -2.26. The minimum absolute atomic E-state index is 0.233. The lowest BCUT2D eigenvalue weighted by molar-refractivity contribution is -0.146. The van der Waals surface area contributed by atoms with Gasteiger partial charge >= 0.3 is 0 Å². The van der Waals surface area contributed by atoms with Gasteiger partial charge in [0.2, 0.25) is 11.8 Å². The van der Waals surface area contributed by atoms with E-state index in [-0.39, 0.29) is 13.0 Å². The van der Waals surface area contributed by atoms with E-state index in [0.717, 1.165) is 15.5 Å². The first kappa shape index (κ1) is 23.3. The highest BCUT2D eigenvalue weighted by Crippen LogP contribution is 2.27. The molecule has 0 saturated carbocycles. The number of carbonyl (C=O) groups is 4. The fourth-order valence-electron chi connectivity index (χ4n) is 3.32. The van der Waals surface area contributed by atoms with Crippen LogP contribution in [0, 0.1) is 0 Å². The van der Waals surface area contributed by atoms with Gasteiger partial charge in [0, 0.05) is 11.9 Å². The van der Waals surface area contributed by atoms with Crippen molar-refractivity contribution in [3.63, 3.8) is 0 Å². The predicted molar refractivity (Wildman–Crippen MR) is 119 cm³/mol. The van der Waals surface area contributed by atoms with E-state index in [9.17, 15) is 19.2 Å². The van der Waals surface area contributed by atoms with E-state index in [2.05, 4.69) is 5.43 Å². The van der Waals surface area contributed by atoms with Crippen LogP contribution < -0.4 is 15.1 Å². The molecule has 4 amide bonds. The number of hydrazine groups is 1. The molecule has 0 spiro atoms. The molecule has 1 saturated heterocycles. The highest BCUT2D eigenvalue weighted by molar-refractivity contribution is 6.30. The summed E-state index contributed by atoms with van der Waals surface area (Å²) in [4.78, 5) is 51.1. The van der Waals surface area contributed by atoms with Gasteiger partial charge in [-0.1, -0.05) is 37.6 Å². The van der Waals surface area contributed by atoms with E-state index in [4.69, 9.17) is 16.3 Å². The molecule has 0 aromatic heterocycles. The molecule has 1 N–H and O–H groups in total. The summed E-state index contributed by atoms with van der Waals surface area (Å²) in [5, 5.41) is 1.41. The van der Waals surface area contributed by atoms with Gasteiger partial charge in [-0.3, -0.25) is 24.6 Å². The number of halogens is 1. The van der Waals surface area contributed by atoms with Crippen molar-refractivity contribution in [1.29, 1.82) is 0 Å². The van der Waals surface area contributed by atoms with E-state index in [0.29, 0.717) is 22.4 Å². The number of ether oxygens (including phenoxy) is 1. The SMILES string of the molecule is CC(=O)N(NC(=O)COc1ccc(Cl)cc1)C1CC(=O)N(c2ccc(C(C)C)cc2)C1=O. The second kappa shape index (κ2) is 9.82. The lowest BCUT2D eigenvalue weighted by Crippen LogP contribution is -2.54. The van der Waals surface area contributed by atoms with Crippen molar-refractivity contribution in [1.82, 2.24) is 10.4 Å². The van der Waals surface area contributed by atoms with Crippen molar-refractivity contribution in [2.75, 3.05) is 11.5 Å². The molecule has 2 aromatic carbocycles. The Hall–Kier alpha value is -3.39. The Morgan fingerprint density at radius 3 is 2.31 bits per heavy atom. The number of carbonyl (C=O) groups excluding carboxylic acids is 4. The molecule has 3 rings (SSSR count). The van der Waals surface area contributed by atoms with Gasteiger partial charge in [0.15, 0.2) is 6.61 Å². The minimum Gasteiger partial charge on any atom is -0.484 e. The second-order valence-electron chi connectivity index (χ2n) is 7.70. The van der Waals surface area contributed by atoms with Crippen LogP contribution in [0.3, 0.4) is 0 Å². The molecule has 2 aromatic rings. The summed E-state index contributed by atoms with van der Waals surface area (Å²) in [6, 6.07) is 12.4. The van der Waals surface area contributed by atoms with Crippen molar-refractivity contribution in [3.05, 3.63) is 59.1 Å². The molecular weight excluding hydrogens is 434 g/mol. The van der Waals surface area contributed by atoms with Gasteiger partial charge in [0.1, 0.15) is 11.8 Å². The number of benzene rings is 2. The van der Waals surface area contributed by atoms with Crippen molar-refractivity contribution < 1.29 is 23.9 Å². The Morgan fingerprint density at radius 1 is 1.12 bits per heavy atom. The highest BCUT2D eigenvalue weighted by Gasteiger charge is 2.44. The van der Waals surface area contributed by atoms with E-state index in [1.165, 1.54) is 6.92 Å². The molecule has 1 aliphatic heterocycles. The quantitative estimate of drug-likeness (QED) is 0.531. The molecular formula is C23H24ClN3O5. The van der Waals surface area contributed by atoms with Crippen molar-refractivity contribution in [3.8, 4) is 5.75 Å². The third-order valence-electron chi connectivity index (χ3n) is 5.02. The summed E-state index contributed by atoms with van der Waals surface area (Å²) in [7, 11) is 0. The van der Waals surface area contributed by atoms with E-state index < -0.39 is 29.7 Å². The van der Waals surface area contributed by atoms with Crippen LogP contribution in [0.2, 0.25) is 5.02 Å². The predicted octanol–water partition coefficient (Wildman–Crippen LogP) is 3.05. The average Bonchev–Trinajstić information content (AvgIpc) is 3.05. The van der Waals surface area contributed by atoms with Crippen LogP contribution in [0.4, 0.5) is 5.69 Å². The number of hydrogen-bond donors (Lipinski definition) is 1. The van der Waals surface area contributed by atoms with Crippen molar-refractivity contribution in [2.24, 2.45) is 0 Å². The minimum atomic E-state index is -1.13. The second-order valence-corrected chi connectivity index (χ2v) is 8.14. The molecule has 32 heavy (non-hydrogen) atoms. The van der Waals surface area contributed by atoms with Gasteiger partial charge in [0.25, 0.3) is 11.8 Å². The molecule has 1 fully saturated rings. The van der Waals surface area contributed by atoms with Gasteiger partial charge < -0.3 is 4.74 Å². The Labute approximate surface area is 191 Å². The molecule has 0 bridgehead atoms. The van der Waals surface area contributed by atoms with Crippen molar-refractivity contribution in [2.45, 2.75) is 39.2 Å². The Kier molecular flexibility index (Phi) is 7.15. The van der Waals surface area contributed by atoms with Crippen LogP contribution >= 0.6 is 11.6 Å². The molecule has 1 aliphatic rings. The Morgan fingerprint density at radius 2 is 1.75 bits per heavy atom. The van der Waals surface area contributed by atoms with E-state index in [1.807, 2.05) is 26.0 Å². The first-order valence-corrected chi connectivity index (χ1v) is 10.5. The molecule has 1 unspecified atom stereocenters. The zero-order valence-corrected chi connectivity index (χ0v) is 18.8. The number of rotatable bonds is 6. The van der Waals surface area contributed by atoms with Gasteiger partial charge in [-0.15, -0.1) is 0 Å². The summed E-state index contributed by atoms with van der Waals surface area (Å²) in [6.45, 7) is 4.90. The Bertz CT molecular complexity index is 1020. The van der Waals surface area contributed by atoms with Crippen LogP contribution in [-0.2, 0) is 19.2 Å². The maximum absolute atomic E-state index is 13.0. The molecule has 0 radical (unpaired) electrons. The topological polar surface area (TPSA) is 96.0 Å². The summed E-state index contributed by atoms with van der Waals surface area (Å²) in [6.07, 6.45) is -0.233. The summed E-state index contributed by atoms with van der Waals surface area (Å²) in [5.74, 6) is -1.53. The van der Waals surface area contributed by atoms with Gasteiger partial charge in [-0.25, -0.2) is 9.91 Å². The van der Waals surface area contributed by atoms with Crippen LogP contribution in [0.15, 0.2) is 48.5 Å². The summed E-state index contributed by atoms with van der Waals surface area (Å²) < 4.78 is 5.36.